The van der Waals surface area contributed by atoms with E-state index in [2.05, 4.69) is 0 Å². The van der Waals surface area contributed by atoms with E-state index in [9.17, 15) is 0 Å². The van der Waals surface area contributed by atoms with Gasteiger partial charge >= 0.3 is 0 Å². The van der Waals surface area contributed by atoms with Gasteiger partial charge in [0.2, 0.25) is 0 Å². The lowest BCUT2D eigenvalue weighted by molar-refractivity contribution is -0.141. The third-order valence-corrected chi connectivity index (χ3v) is 4.53. The van der Waals surface area contributed by atoms with Crippen molar-refractivity contribution >= 4 is 0 Å². The Morgan fingerprint density at radius 2 is 0.882 bits per heavy atom. The molecule has 0 amide bonds. The van der Waals surface area contributed by atoms with Crippen LogP contribution in [0.2, 0.25) is 0 Å². The molecular weight excluding hydrogens is 452 g/mol. The fourth-order valence-corrected chi connectivity index (χ4v) is 2.73. The third-order valence-electron chi connectivity index (χ3n) is 4.53. The molecule has 1 rings (SSSR count). The highest BCUT2D eigenvalue weighted by molar-refractivity contribution is 4.74. The van der Waals surface area contributed by atoms with Crippen molar-refractivity contribution in [3.05, 3.63) is 0 Å². The van der Waals surface area contributed by atoms with Crippen LogP contribution in [0.15, 0.2) is 0 Å². The molecule has 1 heterocycles. The average molecular weight is 499 g/mol. The molecule has 1 saturated heterocycles. The van der Waals surface area contributed by atoms with Crippen LogP contribution in [0.4, 0.5) is 0 Å². The van der Waals surface area contributed by atoms with Crippen LogP contribution >= 0.6 is 0 Å². The molecule has 0 bridgehead atoms. The molecule has 11 heteroatoms. The zero-order valence-corrected chi connectivity index (χ0v) is 21.1. The minimum absolute atomic E-state index is 0.373. The lowest BCUT2D eigenvalue weighted by Gasteiger charge is -2.29. The monoisotopic (exact) mass is 498 g/mol. The van der Waals surface area contributed by atoms with Crippen molar-refractivity contribution in [3.8, 4) is 0 Å². The predicted octanol–water partition coefficient (Wildman–Crippen LogP) is 0.571. The van der Waals surface area contributed by atoms with E-state index in [1.54, 1.807) is 7.11 Å². The highest BCUT2D eigenvalue weighted by atomic mass is 16.6. The molecule has 0 aromatic heterocycles. The quantitative estimate of drug-likeness (QED) is 0.439. The van der Waals surface area contributed by atoms with Gasteiger partial charge in [0.05, 0.1) is 132 Å². The van der Waals surface area contributed by atoms with E-state index in [0.717, 1.165) is 0 Å². The summed E-state index contributed by atoms with van der Waals surface area (Å²) in [7, 11) is 1.64. The van der Waals surface area contributed by atoms with Crippen molar-refractivity contribution < 1.29 is 52.1 Å². The van der Waals surface area contributed by atoms with E-state index >= 15 is 0 Å². The van der Waals surface area contributed by atoms with Gasteiger partial charge in [-0.25, -0.2) is 0 Å². The maximum Gasteiger partial charge on any atom is 0.112 e. The van der Waals surface area contributed by atoms with Crippen LogP contribution in [0.1, 0.15) is 6.92 Å². The highest BCUT2D eigenvalue weighted by Crippen LogP contribution is 2.12. The SMILES string of the molecule is COCCOCCOCC1(C)COCCOCCOCCOCCOCCOCCOCCO1. The molecule has 1 unspecified atom stereocenters. The number of hydrogen-bond acceptors (Lipinski definition) is 11. The molecule has 1 aliphatic heterocycles. The highest BCUT2D eigenvalue weighted by Gasteiger charge is 2.26. The van der Waals surface area contributed by atoms with Gasteiger partial charge in [0.1, 0.15) is 5.60 Å². The smallest absolute Gasteiger partial charge is 0.112 e. The maximum absolute atomic E-state index is 6.04. The van der Waals surface area contributed by atoms with E-state index in [-0.39, 0.29) is 0 Å². The van der Waals surface area contributed by atoms with E-state index in [1.807, 2.05) is 6.92 Å². The first-order valence-electron chi connectivity index (χ1n) is 12.1. The third kappa shape index (κ3) is 20.9. The van der Waals surface area contributed by atoms with Crippen molar-refractivity contribution in [1.29, 1.82) is 0 Å². The molecular formula is C23H46O11. The van der Waals surface area contributed by atoms with Gasteiger partial charge in [-0.05, 0) is 6.92 Å². The summed E-state index contributed by atoms with van der Waals surface area (Å²) < 4.78 is 61.0. The lowest BCUT2D eigenvalue weighted by Crippen LogP contribution is -2.41. The fraction of sp³-hybridized carbons (Fsp3) is 1.00. The Labute approximate surface area is 204 Å². The van der Waals surface area contributed by atoms with Crippen molar-refractivity contribution in [1.82, 2.24) is 0 Å². The normalized spacial score (nSPS) is 24.9. The second-order valence-electron chi connectivity index (χ2n) is 7.68. The topological polar surface area (TPSA) is 102 Å². The van der Waals surface area contributed by atoms with E-state index in [0.29, 0.717) is 132 Å². The minimum atomic E-state index is -0.611. The summed E-state index contributed by atoms with van der Waals surface area (Å²) in [6.07, 6.45) is 0. The first kappa shape index (κ1) is 31.6. The molecule has 1 fully saturated rings. The van der Waals surface area contributed by atoms with Gasteiger partial charge in [-0.15, -0.1) is 0 Å². The second-order valence-corrected chi connectivity index (χ2v) is 7.68. The first-order valence-corrected chi connectivity index (χ1v) is 12.1. The van der Waals surface area contributed by atoms with Crippen molar-refractivity contribution in [3.63, 3.8) is 0 Å². The fourth-order valence-electron chi connectivity index (χ4n) is 2.73. The first-order chi connectivity index (χ1) is 16.8. The van der Waals surface area contributed by atoms with Crippen LogP contribution in [-0.4, -0.2) is 145 Å². The van der Waals surface area contributed by atoms with Gasteiger partial charge in [0, 0.05) is 7.11 Å². The van der Waals surface area contributed by atoms with Crippen LogP contribution in [-0.2, 0) is 52.1 Å². The van der Waals surface area contributed by atoms with Crippen LogP contribution in [0.25, 0.3) is 0 Å². The van der Waals surface area contributed by atoms with Gasteiger partial charge in [-0.2, -0.15) is 0 Å². The summed E-state index contributed by atoms with van der Waals surface area (Å²) in [5, 5.41) is 0. The van der Waals surface area contributed by atoms with Gasteiger partial charge in [0.25, 0.3) is 0 Å². The van der Waals surface area contributed by atoms with Crippen molar-refractivity contribution in [2.75, 3.05) is 139 Å². The summed E-state index contributed by atoms with van der Waals surface area (Å²) in [6, 6.07) is 0. The van der Waals surface area contributed by atoms with Crippen LogP contribution in [0.5, 0.6) is 0 Å². The Morgan fingerprint density at radius 1 is 0.500 bits per heavy atom. The Morgan fingerprint density at radius 3 is 1.35 bits per heavy atom. The van der Waals surface area contributed by atoms with E-state index in [4.69, 9.17) is 52.1 Å². The van der Waals surface area contributed by atoms with Crippen molar-refractivity contribution in [2.24, 2.45) is 0 Å². The van der Waals surface area contributed by atoms with E-state index < -0.39 is 5.60 Å². The number of rotatable bonds is 8. The molecule has 1 aliphatic rings. The number of ether oxygens (including phenoxy) is 11. The molecule has 204 valence electrons. The Kier molecular flexibility index (Phi) is 22.5. The molecule has 34 heavy (non-hydrogen) atoms. The Hall–Kier alpha value is -0.440. The van der Waals surface area contributed by atoms with Crippen LogP contribution in [0, 0.1) is 0 Å². The van der Waals surface area contributed by atoms with Gasteiger partial charge < -0.3 is 52.1 Å². The van der Waals surface area contributed by atoms with Crippen LogP contribution in [0.3, 0.4) is 0 Å². The second kappa shape index (κ2) is 24.3. The standard InChI is InChI=1S/C23H46O11/c1-23(21-32-17-15-25-4-3-24-2)22-33-18-16-30-12-11-28-8-7-26-5-6-27-9-10-29-13-14-31-19-20-34-23/h3-22H2,1-2H3. The number of methoxy groups -OCH3 is 1. The molecule has 0 spiro atoms. The molecule has 0 N–H and O–H groups in total. The molecule has 0 radical (unpaired) electrons. The number of hydrogen-bond donors (Lipinski definition) is 0. The van der Waals surface area contributed by atoms with Crippen LogP contribution < -0.4 is 0 Å². The van der Waals surface area contributed by atoms with Gasteiger partial charge in [-0.1, -0.05) is 0 Å². The lowest BCUT2D eigenvalue weighted by atomic mass is 10.1. The molecule has 0 saturated carbocycles. The Balaban J connectivity index is 2.31. The zero-order valence-electron chi connectivity index (χ0n) is 21.1. The summed E-state index contributed by atoms with van der Waals surface area (Å²) in [4.78, 5) is 0. The van der Waals surface area contributed by atoms with Gasteiger partial charge in [-0.3, -0.25) is 0 Å². The summed E-state index contributed by atoms with van der Waals surface area (Å²) in [5.74, 6) is 0. The average Bonchev–Trinajstić information content (AvgIpc) is 2.83. The summed E-state index contributed by atoms with van der Waals surface area (Å²) in [6.45, 7) is 11.8. The van der Waals surface area contributed by atoms with E-state index in [1.165, 1.54) is 0 Å². The zero-order chi connectivity index (χ0) is 24.4. The molecule has 0 aromatic carbocycles. The minimum Gasteiger partial charge on any atom is -0.382 e. The summed E-state index contributed by atoms with van der Waals surface area (Å²) in [5.41, 5.74) is -0.611. The molecule has 11 nitrogen and oxygen atoms in total. The molecule has 0 aliphatic carbocycles. The largest absolute Gasteiger partial charge is 0.382 e. The van der Waals surface area contributed by atoms with Crippen molar-refractivity contribution in [2.45, 2.75) is 12.5 Å². The molecule has 0 aromatic rings. The van der Waals surface area contributed by atoms with Gasteiger partial charge in [0.15, 0.2) is 0 Å². The maximum atomic E-state index is 6.04. The Bertz CT molecular complexity index is 390. The molecule has 1 atom stereocenters. The predicted molar refractivity (Wildman–Crippen MR) is 124 cm³/mol. The summed E-state index contributed by atoms with van der Waals surface area (Å²) >= 11 is 0.